The van der Waals surface area contributed by atoms with Crippen LogP contribution in [0.4, 0.5) is 22.7 Å². The smallest absolute Gasteiger partial charge is 0.272 e. The van der Waals surface area contributed by atoms with Crippen molar-refractivity contribution in [1.82, 2.24) is 0 Å². The van der Waals surface area contributed by atoms with Crippen LogP contribution in [0.1, 0.15) is 26.7 Å². The maximum absolute atomic E-state index is 10.8. The second-order valence-electron chi connectivity index (χ2n) is 6.32. The summed E-state index contributed by atoms with van der Waals surface area (Å²) in [5.74, 6) is 0. The van der Waals surface area contributed by atoms with Gasteiger partial charge in [0, 0.05) is 30.4 Å². The van der Waals surface area contributed by atoms with Crippen LogP contribution >= 0.6 is 23.2 Å². The molecule has 0 radical (unpaired) electrons. The summed E-state index contributed by atoms with van der Waals surface area (Å²) in [6, 6.07) is 10.5. The fraction of sp³-hybridized carbons (Fsp3) is 0.368. The van der Waals surface area contributed by atoms with Crippen LogP contribution in [0.25, 0.3) is 0 Å². The first-order valence-corrected chi connectivity index (χ1v) is 9.74. The first kappa shape index (κ1) is 22.1. The predicted molar refractivity (Wildman–Crippen MR) is 115 cm³/mol. The lowest BCUT2D eigenvalue weighted by molar-refractivity contribution is -0.384. The van der Waals surface area contributed by atoms with Gasteiger partial charge in [-0.3, -0.25) is 10.1 Å². The Morgan fingerprint density at radius 3 is 2.29 bits per heavy atom. The minimum absolute atomic E-state index is 0.0734. The molecular formula is C19H23Cl2N5O2. The second-order valence-corrected chi connectivity index (χ2v) is 7.14. The molecule has 0 amide bonds. The van der Waals surface area contributed by atoms with Crippen molar-refractivity contribution in [2.24, 2.45) is 16.0 Å². The van der Waals surface area contributed by atoms with Crippen molar-refractivity contribution >= 4 is 46.0 Å². The van der Waals surface area contributed by atoms with Crippen molar-refractivity contribution in [3.63, 3.8) is 0 Å². The number of nitrogens with two attached hydrogens (primary N) is 1. The van der Waals surface area contributed by atoms with E-state index >= 15 is 0 Å². The number of nitrogens with zero attached hydrogens (tertiary/aromatic N) is 4. The number of nitro groups is 1. The SMILES string of the molecule is CCC(C)N(CCCN)c1ccc(N=Nc2c(Cl)cc([N+](=O)[O-])cc2Cl)cc1. The summed E-state index contributed by atoms with van der Waals surface area (Å²) in [7, 11) is 0. The van der Waals surface area contributed by atoms with Gasteiger partial charge < -0.3 is 10.6 Å². The maximum atomic E-state index is 10.8. The molecule has 2 aromatic rings. The van der Waals surface area contributed by atoms with E-state index in [1.807, 2.05) is 24.3 Å². The third kappa shape index (κ3) is 5.64. The number of azo groups is 1. The number of rotatable bonds is 9. The summed E-state index contributed by atoms with van der Waals surface area (Å²) in [5.41, 5.74) is 7.37. The average molecular weight is 424 g/mol. The van der Waals surface area contributed by atoms with Crippen LogP contribution in [0.5, 0.6) is 0 Å². The Labute approximate surface area is 174 Å². The third-order valence-corrected chi connectivity index (χ3v) is 4.96. The Kier molecular flexibility index (Phi) is 8.17. The molecule has 0 fully saturated rings. The van der Waals surface area contributed by atoms with Gasteiger partial charge in [-0.15, -0.1) is 5.11 Å². The summed E-state index contributed by atoms with van der Waals surface area (Å²) in [6.45, 7) is 5.87. The van der Waals surface area contributed by atoms with Crippen LogP contribution in [0.2, 0.25) is 10.0 Å². The molecule has 1 unspecified atom stereocenters. The average Bonchev–Trinajstić information content (AvgIpc) is 2.68. The zero-order valence-electron chi connectivity index (χ0n) is 15.8. The quantitative estimate of drug-likeness (QED) is 0.291. The molecule has 0 saturated carbocycles. The van der Waals surface area contributed by atoms with E-state index in [9.17, 15) is 10.1 Å². The van der Waals surface area contributed by atoms with Gasteiger partial charge in [-0.1, -0.05) is 30.1 Å². The second kappa shape index (κ2) is 10.4. The van der Waals surface area contributed by atoms with Gasteiger partial charge in [0.15, 0.2) is 0 Å². The van der Waals surface area contributed by atoms with Gasteiger partial charge in [-0.25, -0.2) is 0 Å². The molecule has 0 aliphatic carbocycles. The summed E-state index contributed by atoms with van der Waals surface area (Å²) in [6.07, 6.45) is 1.95. The van der Waals surface area contributed by atoms with Gasteiger partial charge in [0.25, 0.3) is 5.69 Å². The summed E-state index contributed by atoms with van der Waals surface area (Å²) >= 11 is 12.1. The number of non-ortho nitro benzene ring substituents is 1. The summed E-state index contributed by atoms with van der Waals surface area (Å²) in [4.78, 5) is 12.6. The highest BCUT2D eigenvalue weighted by atomic mass is 35.5. The van der Waals surface area contributed by atoms with Crippen LogP contribution in [-0.2, 0) is 0 Å². The van der Waals surface area contributed by atoms with E-state index in [1.54, 1.807) is 0 Å². The fourth-order valence-corrected chi connectivity index (χ4v) is 3.21. The van der Waals surface area contributed by atoms with E-state index in [-0.39, 0.29) is 21.4 Å². The van der Waals surface area contributed by atoms with Crippen LogP contribution in [0, 0.1) is 10.1 Å². The first-order valence-electron chi connectivity index (χ1n) is 8.99. The van der Waals surface area contributed by atoms with Crippen LogP contribution in [0.3, 0.4) is 0 Å². The van der Waals surface area contributed by atoms with Gasteiger partial charge >= 0.3 is 0 Å². The number of anilines is 1. The predicted octanol–water partition coefficient (Wildman–Crippen LogP) is 6.27. The normalized spacial score (nSPS) is 12.3. The highest BCUT2D eigenvalue weighted by Gasteiger charge is 2.15. The van der Waals surface area contributed by atoms with Crippen molar-refractivity contribution in [2.75, 3.05) is 18.0 Å². The Morgan fingerprint density at radius 2 is 1.79 bits per heavy atom. The number of hydrogen-bond acceptors (Lipinski definition) is 6. The number of hydrogen-bond donors (Lipinski definition) is 1. The number of nitro benzene ring substituents is 1. The van der Waals surface area contributed by atoms with E-state index in [4.69, 9.17) is 28.9 Å². The molecule has 28 heavy (non-hydrogen) atoms. The molecule has 2 aromatic carbocycles. The van der Waals surface area contributed by atoms with Crippen LogP contribution in [-0.4, -0.2) is 24.1 Å². The minimum atomic E-state index is -0.564. The maximum Gasteiger partial charge on any atom is 0.272 e. The zero-order chi connectivity index (χ0) is 20.7. The van der Waals surface area contributed by atoms with E-state index in [0.29, 0.717) is 18.3 Å². The first-order chi connectivity index (χ1) is 13.4. The van der Waals surface area contributed by atoms with Gasteiger partial charge in [0.1, 0.15) is 5.69 Å². The van der Waals surface area contributed by atoms with Crippen LogP contribution in [0.15, 0.2) is 46.6 Å². The largest absolute Gasteiger partial charge is 0.369 e. The van der Waals surface area contributed by atoms with Crippen LogP contribution < -0.4 is 10.6 Å². The van der Waals surface area contributed by atoms with E-state index in [0.717, 1.165) is 25.1 Å². The van der Waals surface area contributed by atoms with E-state index in [2.05, 4.69) is 29.0 Å². The molecule has 2 rings (SSSR count). The highest BCUT2D eigenvalue weighted by Crippen LogP contribution is 2.37. The molecule has 9 heteroatoms. The van der Waals surface area contributed by atoms with E-state index in [1.165, 1.54) is 12.1 Å². The van der Waals surface area contributed by atoms with E-state index < -0.39 is 4.92 Å². The molecule has 0 spiro atoms. The minimum Gasteiger partial charge on any atom is -0.369 e. The number of benzene rings is 2. The van der Waals surface area contributed by atoms with Gasteiger partial charge in [0.2, 0.25) is 0 Å². The molecule has 0 bridgehead atoms. The topological polar surface area (TPSA) is 97.1 Å². The molecule has 0 aliphatic heterocycles. The lowest BCUT2D eigenvalue weighted by Gasteiger charge is -2.30. The van der Waals surface area contributed by atoms with Gasteiger partial charge in [-0.2, -0.15) is 5.11 Å². The lowest BCUT2D eigenvalue weighted by atomic mass is 10.1. The Balaban J connectivity index is 2.21. The summed E-state index contributed by atoms with van der Waals surface area (Å²) < 4.78 is 0. The fourth-order valence-electron chi connectivity index (χ4n) is 2.66. The summed E-state index contributed by atoms with van der Waals surface area (Å²) in [5, 5.41) is 19.2. The Hall–Kier alpha value is -2.22. The van der Waals surface area contributed by atoms with Crippen molar-refractivity contribution in [1.29, 1.82) is 0 Å². The van der Waals surface area contributed by atoms with Crippen molar-refractivity contribution in [3.8, 4) is 0 Å². The highest BCUT2D eigenvalue weighted by molar-refractivity contribution is 6.39. The zero-order valence-corrected chi connectivity index (χ0v) is 17.3. The standard InChI is InChI=1S/C19H23Cl2N5O2/c1-3-13(2)25(10-4-9-22)15-7-5-14(6-8-15)23-24-19-17(20)11-16(26(27)28)12-18(19)21/h5-8,11-13H,3-4,9-10,22H2,1-2H3. The molecule has 0 aromatic heterocycles. The van der Waals surface area contributed by atoms with Crippen molar-refractivity contribution in [3.05, 3.63) is 56.6 Å². The molecule has 150 valence electrons. The van der Waals surface area contributed by atoms with Gasteiger partial charge in [0.05, 0.1) is 20.7 Å². The molecule has 0 aliphatic rings. The lowest BCUT2D eigenvalue weighted by Crippen LogP contribution is -2.34. The molecule has 2 N–H and O–H groups in total. The van der Waals surface area contributed by atoms with Crippen molar-refractivity contribution in [2.45, 2.75) is 32.7 Å². The molecule has 7 nitrogen and oxygen atoms in total. The molecule has 0 heterocycles. The monoisotopic (exact) mass is 423 g/mol. The van der Waals surface area contributed by atoms with Crippen molar-refractivity contribution < 1.29 is 4.92 Å². The molecular weight excluding hydrogens is 401 g/mol. The third-order valence-electron chi connectivity index (χ3n) is 4.39. The number of halogens is 2. The van der Waals surface area contributed by atoms with Gasteiger partial charge in [-0.05, 0) is 50.6 Å². The Bertz CT molecular complexity index is 820. The Morgan fingerprint density at radius 1 is 1.18 bits per heavy atom. The molecule has 0 saturated heterocycles. The molecule has 1 atom stereocenters.